The number of anilines is 1. The van der Waals surface area contributed by atoms with Crippen LogP contribution >= 0.6 is 0 Å². The second-order valence-corrected chi connectivity index (χ2v) is 8.61. The quantitative estimate of drug-likeness (QED) is 0.844. The number of rotatable bonds is 4. The third kappa shape index (κ3) is 3.64. The molecule has 1 fully saturated rings. The molecule has 128 valence electrons. The van der Waals surface area contributed by atoms with Crippen molar-refractivity contribution in [3.05, 3.63) is 17.7 Å². The second-order valence-electron chi connectivity index (χ2n) is 6.86. The van der Waals surface area contributed by atoms with Crippen LogP contribution in [0.5, 0.6) is 5.75 Å². The van der Waals surface area contributed by atoms with Crippen LogP contribution in [-0.4, -0.2) is 40.1 Å². The summed E-state index contributed by atoms with van der Waals surface area (Å²) >= 11 is 0. The third-order valence-corrected chi connectivity index (χ3v) is 5.01. The van der Waals surface area contributed by atoms with Gasteiger partial charge < -0.3 is 14.0 Å². The Bertz CT molecular complexity index is 699. The minimum absolute atomic E-state index is 0.455. The molecule has 0 atom stereocenters. The molecule has 1 saturated heterocycles. The maximum atomic E-state index is 11.6. The number of hydrogen-bond donors (Lipinski definition) is 1. The highest BCUT2D eigenvalue weighted by molar-refractivity contribution is 7.92. The summed E-state index contributed by atoms with van der Waals surface area (Å²) in [5.74, 6) is 0.573. The molecule has 1 aromatic carbocycles. The molecule has 6 nitrogen and oxygen atoms in total. The van der Waals surface area contributed by atoms with Gasteiger partial charge in [-0.25, -0.2) is 8.42 Å². The highest BCUT2D eigenvalue weighted by Gasteiger charge is 2.51. The second kappa shape index (κ2) is 5.68. The lowest BCUT2D eigenvalue weighted by molar-refractivity contribution is 0.00578. The molecule has 1 N–H and O–H groups in total. The average molecular weight is 341 g/mol. The lowest BCUT2D eigenvalue weighted by Crippen LogP contribution is -2.41. The molecule has 0 unspecified atom stereocenters. The maximum Gasteiger partial charge on any atom is 0.495 e. The molecule has 0 saturated carbocycles. The number of methoxy groups -OCH3 is 1. The fourth-order valence-electron chi connectivity index (χ4n) is 2.34. The number of sulfonamides is 1. The minimum atomic E-state index is -3.40. The molecule has 0 radical (unpaired) electrons. The lowest BCUT2D eigenvalue weighted by atomic mass is 9.78. The summed E-state index contributed by atoms with van der Waals surface area (Å²) in [6.07, 6.45) is 1.11. The molecule has 1 aliphatic heterocycles. The summed E-state index contributed by atoms with van der Waals surface area (Å²) in [5, 5.41) is 0. The Morgan fingerprint density at radius 1 is 1.13 bits per heavy atom. The van der Waals surface area contributed by atoms with Gasteiger partial charge in [-0.1, -0.05) is 0 Å². The summed E-state index contributed by atoms with van der Waals surface area (Å²) < 4.78 is 43.1. The highest BCUT2D eigenvalue weighted by Crippen LogP contribution is 2.37. The first kappa shape index (κ1) is 18.1. The van der Waals surface area contributed by atoms with Crippen molar-refractivity contribution in [2.75, 3.05) is 18.1 Å². The lowest BCUT2D eigenvalue weighted by Gasteiger charge is -2.32. The molecule has 8 heteroatoms. The molecule has 2 rings (SSSR count). The monoisotopic (exact) mass is 341 g/mol. The molecular formula is C15H24BNO5S. The van der Waals surface area contributed by atoms with E-state index in [1.807, 2.05) is 33.8 Å². The van der Waals surface area contributed by atoms with Gasteiger partial charge in [0.1, 0.15) is 5.75 Å². The normalized spacial score (nSPS) is 19.7. The first-order valence-electron chi connectivity index (χ1n) is 7.38. The van der Waals surface area contributed by atoms with Crippen LogP contribution in [0, 0.1) is 6.92 Å². The van der Waals surface area contributed by atoms with Gasteiger partial charge in [0.2, 0.25) is 10.0 Å². The van der Waals surface area contributed by atoms with Gasteiger partial charge in [0, 0.05) is 5.56 Å². The Hall–Kier alpha value is -1.25. The van der Waals surface area contributed by atoms with E-state index in [4.69, 9.17) is 14.0 Å². The van der Waals surface area contributed by atoms with Crippen molar-refractivity contribution in [3.8, 4) is 5.75 Å². The van der Waals surface area contributed by atoms with Gasteiger partial charge in [-0.3, -0.25) is 4.72 Å². The minimum Gasteiger partial charge on any atom is -0.496 e. The fraction of sp³-hybridized carbons (Fsp3) is 0.600. The molecule has 1 aliphatic rings. The van der Waals surface area contributed by atoms with Crippen molar-refractivity contribution in [3.63, 3.8) is 0 Å². The molecule has 1 heterocycles. The average Bonchev–Trinajstić information content (AvgIpc) is 2.59. The SMILES string of the molecule is COc1cc(B2OC(C)(C)C(C)(C)O2)cc(NS(C)(=O)=O)c1C. The van der Waals surface area contributed by atoms with Crippen LogP contribution < -0.4 is 14.9 Å². The van der Waals surface area contributed by atoms with Crippen molar-refractivity contribution in [1.82, 2.24) is 0 Å². The zero-order chi connectivity index (χ0) is 17.6. The summed E-state index contributed by atoms with van der Waals surface area (Å²) in [5.41, 5.74) is 0.924. The Kier molecular flexibility index (Phi) is 4.47. The number of ether oxygens (including phenoxy) is 1. The van der Waals surface area contributed by atoms with Crippen LogP contribution in [-0.2, 0) is 19.3 Å². The maximum absolute atomic E-state index is 11.6. The summed E-state index contributed by atoms with van der Waals surface area (Å²) in [6, 6.07) is 3.53. The van der Waals surface area contributed by atoms with Crippen molar-refractivity contribution >= 4 is 28.3 Å². The van der Waals surface area contributed by atoms with Gasteiger partial charge in [-0.05, 0) is 52.2 Å². The highest BCUT2D eigenvalue weighted by atomic mass is 32.2. The van der Waals surface area contributed by atoms with Gasteiger partial charge in [-0.15, -0.1) is 0 Å². The van der Waals surface area contributed by atoms with Gasteiger partial charge in [-0.2, -0.15) is 0 Å². The number of nitrogens with one attached hydrogen (secondary N) is 1. The topological polar surface area (TPSA) is 73.9 Å². The first-order valence-corrected chi connectivity index (χ1v) is 9.27. The predicted octanol–water partition coefficient (Wildman–Crippen LogP) is 1.67. The van der Waals surface area contributed by atoms with Gasteiger partial charge in [0.25, 0.3) is 0 Å². The molecule has 0 amide bonds. The van der Waals surface area contributed by atoms with E-state index in [9.17, 15) is 8.42 Å². The zero-order valence-corrected chi connectivity index (χ0v) is 15.5. The number of benzene rings is 1. The summed E-state index contributed by atoms with van der Waals surface area (Å²) in [7, 11) is -2.44. The van der Waals surface area contributed by atoms with Gasteiger partial charge in [0.05, 0.1) is 30.3 Å². The van der Waals surface area contributed by atoms with Crippen molar-refractivity contribution in [2.45, 2.75) is 45.8 Å². The largest absolute Gasteiger partial charge is 0.496 e. The van der Waals surface area contributed by atoms with Crippen LogP contribution in [0.2, 0.25) is 0 Å². The van der Waals surface area contributed by atoms with Crippen LogP contribution in [0.15, 0.2) is 12.1 Å². The first-order chi connectivity index (χ1) is 10.4. The standard InChI is InChI=1S/C15H24BNO5S/c1-10-12(17-23(7,18)19)8-11(9-13(10)20-6)16-21-14(2,3)15(4,5)22-16/h8-9,17H,1-7H3. The molecule has 0 aromatic heterocycles. The van der Waals surface area contributed by atoms with Gasteiger partial charge >= 0.3 is 7.12 Å². The van der Waals surface area contributed by atoms with E-state index >= 15 is 0 Å². The van der Waals surface area contributed by atoms with Crippen molar-refractivity contribution < 1.29 is 22.5 Å². The zero-order valence-electron chi connectivity index (χ0n) is 14.7. The molecule has 1 aromatic rings. The summed E-state index contributed by atoms with van der Waals surface area (Å²) in [4.78, 5) is 0. The molecule has 0 spiro atoms. The molecular weight excluding hydrogens is 317 g/mol. The molecule has 0 aliphatic carbocycles. The van der Waals surface area contributed by atoms with E-state index in [-0.39, 0.29) is 0 Å². The van der Waals surface area contributed by atoms with E-state index in [2.05, 4.69) is 4.72 Å². The van der Waals surface area contributed by atoms with E-state index in [0.717, 1.165) is 6.26 Å². The third-order valence-electron chi connectivity index (χ3n) is 4.42. The van der Waals surface area contributed by atoms with Crippen LogP contribution in [0.4, 0.5) is 5.69 Å². The van der Waals surface area contributed by atoms with Crippen molar-refractivity contribution in [2.24, 2.45) is 0 Å². The summed E-state index contributed by atoms with van der Waals surface area (Å²) in [6.45, 7) is 9.66. The van der Waals surface area contributed by atoms with E-state index < -0.39 is 28.3 Å². The van der Waals surface area contributed by atoms with Crippen molar-refractivity contribution in [1.29, 1.82) is 0 Å². The predicted molar refractivity (Wildman–Crippen MR) is 91.9 cm³/mol. The smallest absolute Gasteiger partial charge is 0.495 e. The molecule has 23 heavy (non-hydrogen) atoms. The Balaban J connectivity index is 2.46. The Morgan fingerprint density at radius 2 is 1.65 bits per heavy atom. The fourth-order valence-corrected chi connectivity index (χ4v) is 2.95. The van der Waals surface area contributed by atoms with Crippen LogP contribution in [0.3, 0.4) is 0 Å². The molecule has 0 bridgehead atoms. The Morgan fingerprint density at radius 3 is 2.09 bits per heavy atom. The number of hydrogen-bond acceptors (Lipinski definition) is 5. The van der Waals surface area contributed by atoms with Gasteiger partial charge in [0.15, 0.2) is 0 Å². The van der Waals surface area contributed by atoms with Crippen LogP contribution in [0.25, 0.3) is 0 Å². The van der Waals surface area contributed by atoms with Crippen LogP contribution in [0.1, 0.15) is 33.3 Å². The van der Waals surface area contributed by atoms with E-state index in [1.165, 1.54) is 0 Å². The van der Waals surface area contributed by atoms with E-state index in [0.29, 0.717) is 22.5 Å². The van der Waals surface area contributed by atoms with E-state index in [1.54, 1.807) is 20.1 Å². The Labute approximate surface area is 138 Å².